The summed E-state index contributed by atoms with van der Waals surface area (Å²) in [6.45, 7) is 0. The van der Waals surface area contributed by atoms with Gasteiger partial charge in [-0.15, -0.1) is 0 Å². The molecule has 0 saturated carbocycles. The van der Waals surface area contributed by atoms with E-state index >= 15 is 0 Å². The van der Waals surface area contributed by atoms with Gasteiger partial charge in [-0.3, -0.25) is 9.97 Å². The first-order valence-electron chi connectivity index (χ1n) is 8.61. The predicted molar refractivity (Wildman–Crippen MR) is 105 cm³/mol. The van der Waals surface area contributed by atoms with Gasteiger partial charge in [-0.1, -0.05) is 30.3 Å². The van der Waals surface area contributed by atoms with Crippen molar-refractivity contribution in [1.82, 2.24) is 14.5 Å². The van der Waals surface area contributed by atoms with Gasteiger partial charge in [-0.25, -0.2) is 0 Å². The number of benzene rings is 2. The Hall–Kier alpha value is -3.66. The van der Waals surface area contributed by atoms with Crippen LogP contribution in [-0.2, 0) is 0 Å². The third-order valence-corrected chi connectivity index (χ3v) is 5.04. The molecule has 4 heteroatoms. The lowest BCUT2D eigenvalue weighted by molar-refractivity contribution is 1.09. The number of hydrogen-bond donors (Lipinski definition) is 0. The van der Waals surface area contributed by atoms with Gasteiger partial charge in [0, 0.05) is 23.5 Å². The highest BCUT2D eigenvalue weighted by atomic mass is 15.2. The highest BCUT2D eigenvalue weighted by molar-refractivity contribution is 6.15. The zero-order valence-corrected chi connectivity index (χ0v) is 13.9. The van der Waals surface area contributed by atoms with Gasteiger partial charge in [0.2, 0.25) is 0 Å². The first-order valence-corrected chi connectivity index (χ1v) is 8.61. The number of rotatable bonds is 1. The SMILES string of the molecule is c1ccc(N2c3cnccc3-n3c4cccnc4c4cccc2c43)cc1. The van der Waals surface area contributed by atoms with E-state index in [0.29, 0.717) is 0 Å². The number of aromatic nitrogens is 3. The summed E-state index contributed by atoms with van der Waals surface area (Å²) in [5, 5.41) is 1.17. The van der Waals surface area contributed by atoms with E-state index in [1.165, 1.54) is 10.9 Å². The van der Waals surface area contributed by atoms with Crippen molar-refractivity contribution in [2.45, 2.75) is 0 Å². The van der Waals surface area contributed by atoms with Crippen LogP contribution < -0.4 is 4.90 Å². The largest absolute Gasteiger partial charge is 0.305 e. The van der Waals surface area contributed by atoms with Crippen LogP contribution in [-0.4, -0.2) is 14.5 Å². The molecule has 0 N–H and O–H groups in total. The van der Waals surface area contributed by atoms with Crippen LogP contribution in [0.2, 0.25) is 0 Å². The fraction of sp³-hybridized carbons (Fsp3) is 0. The Balaban J connectivity index is 1.85. The molecule has 0 radical (unpaired) electrons. The average molecular weight is 334 g/mol. The van der Waals surface area contributed by atoms with Crippen molar-refractivity contribution in [2.75, 3.05) is 4.90 Å². The minimum Gasteiger partial charge on any atom is -0.305 e. The van der Waals surface area contributed by atoms with Crippen molar-refractivity contribution in [2.24, 2.45) is 0 Å². The van der Waals surface area contributed by atoms with Gasteiger partial charge in [-0.05, 0) is 36.4 Å². The van der Waals surface area contributed by atoms with E-state index in [4.69, 9.17) is 0 Å². The third kappa shape index (κ3) is 1.63. The molecule has 0 saturated heterocycles. The van der Waals surface area contributed by atoms with E-state index in [0.717, 1.165) is 33.8 Å². The standard InChI is InChI=1S/C22H14N4/c1-2-6-15(7-3-1)25-19-9-4-8-16-21-18(10-5-12-24-21)26(22(16)19)17-11-13-23-14-20(17)25/h1-14H. The summed E-state index contributed by atoms with van der Waals surface area (Å²) in [6.07, 6.45) is 5.65. The average Bonchev–Trinajstić information content (AvgIpc) is 3.05. The van der Waals surface area contributed by atoms with Crippen LogP contribution >= 0.6 is 0 Å². The smallest absolute Gasteiger partial charge is 0.0964 e. The van der Waals surface area contributed by atoms with Crippen LogP contribution in [0, 0.1) is 0 Å². The lowest BCUT2D eigenvalue weighted by atomic mass is 10.1. The number of hydrogen-bond acceptors (Lipinski definition) is 3. The number of pyridine rings is 2. The van der Waals surface area contributed by atoms with Gasteiger partial charge in [0.25, 0.3) is 0 Å². The molecule has 4 nitrogen and oxygen atoms in total. The summed E-state index contributed by atoms with van der Waals surface area (Å²) in [6, 6.07) is 23.1. The Morgan fingerprint density at radius 2 is 1.62 bits per heavy atom. The molecule has 0 unspecified atom stereocenters. The molecular weight excluding hydrogens is 320 g/mol. The summed E-state index contributed by atoms with van der Waals surface area (Å²) in [5.74, 6) is 0. The molecule has 6 rings (SSSR count). The van der Waals surface area contributed by atoms with Crippen molar-refractivity contribution in [3.63, 3.8) is 0 Å². The summed E-state index contributed by atoms with van der Waals surface area (Å²) in [4.78, 5) is 11.3. The Morgan fingerprint density at radius 3 is 2.54 bits per heavy atom. The highest BCUT2D eigenvalue weighted by Gasteiger charge is 2.28. The van der Waals surface area contributed by atoms with Crippen LogP contribution in [0.5, 0.6) is 0 Å². The molecule has 26 heavy (non-hydrogen) atoms. The first kappa shape index (κ1) is 13.6. The molecular formula is C22H14N4. The summed E-state index contributed by atoms with van der Waals surface area (Å²) in [5.41, 5.74) is 7.79. The predicted octanol–water partition coefficient (Wildman–Crippen LogP) is 5.36. The van der Waals surface area contributed by atoms with Crippen molar-refractivity contribution in [3.8, 4) is 5.69 Å². The van der Waals surface area contributed by atoms with E-state index in [1.54, 1.807) is 0 Å². The number of nitrogens with zero attached hydrogens (tertiary/aromatic N) is 4. The number of para-hydroxylation sites is 2. The van der Waals surface area contributed by atoms with Crippen molar-refractivity contribution >= 4 is 39.0 Å². The maximum Gasteiger partial charge on any atom is 0.0964 e. The van der Waals surface area contributed by atoms with E-state index in [1.807, 2.05) is 30.7 Å². The molecule has 0 aliphatic carbocycles. The second kappa shape index (κ2) is 4.92. The van der Waals surface area contributed by atoms with Crippen LogP contribution in [0.25, 0.3) is 27.6 Å². The van der Waals surface area contributed by atoms with Gasteiger partial charge in [0.05, 0.1) is 39.8 Å². The summed E-state index contributed by atoms with van der Waals surface area (Å²) in [7, 11) is 0. The fourth-order valence-electron chi connectivity index (χ4n) is 4.02. The molecule has 0 atom stereocenters. The lowest BCUT2D eigenvalue weighted by Gasteiger charge is -2.32. The number of fused-ring (bicyclic) bond motifs is 5. The quantitative estimate of drug-likeness (QED) is 0.406. The second-order valence-corrected chi connectivity index (χ2v) is 6.42. The molecule has 0 bridgehead atoms. The van der Waals surface area contributed by atoms with Gasteiger partial charge < -0.3 is 9.47 Å². The minimum absolute atomic E-state index is 1.03. The molecule has 5 aromatic rings. The normalized spacial score (nSPS) is 12.5. The van der Waals surface area contributed by atoms with E-state index < -0.39 is 0 Å². The van der Waals surface area contributed by atoms with Crippen molar-refractivity contribution in [1.29, 1.82) is 0 Å². The van der Waals surface area contributed by atoms with Crippen LogP contribution in [0.1, 0.15) is 0 Å². The van der Waals surface area contributed by atoms with Crippen LogP contribution in [0.15, 0.2) is 85.3 Å². The van der Waals surface area contributed by atoms with E-state index in [9.17, 15) is 0 Å². The first-order chi connectivity index (χ1) is 12.9. The van der Waals surface area contributed by atoms with Crippen LogP contribution in [0.4, 0.5) is 17.1 Å². The van der Waals surface area contributed by atoms with Crippen LogP contribution in [0.3, 0.4) is 0 Å². The molecule has 3 aromatic heterocycles. The number of anilines is 3. The summed E-state index contributed by atoms with van der Waals surface area (Å²) >= 11 is 0. The Bertz CT molecular complexity index is 1290. The Labute approximate surface area is 150 Å². The highest BCUT2D eigenvalue weighted by Crippen LogP contribution is 2.48. The Morgan fingerprint density at radius 1 is 0.692 bits per heavy atom. The molecule has 0 spiro atoms. The molecule has 2 aromatic carbocycles. The fourth-order valence-corrected chi connectivity index (χ4v) is 4.02. The Kier molecular flexibility index (Phi) is 2.58. The summed E-state index contributed by atoms with van der Waals surface area (Å²) < 4.78 is 2.31. The maximum atomic E-state index is 4.66. The molecule has 0 amide bonds. The van der Waals surface area contributed by atoms with Gasteiger partial charge in [-0.2, -0.15) is 0 Å². The van der Waals surface area contributed by atoms with Gasteiger partial charge in [0.15, 0.2) is 0 Å². The topological polar surface area (TPSA) is 34.0 Å². The molecule has 122 valence electrons. The molecule has 1 aliphatic heterocycles. The molecule has 1 aliphatic rings. The lowest BCUT2D eigenvalue weighted by Crippen LogP contribution is -2.18. The van der Waals surface area contributed by atoms with Crippen molar-refractivity contribution in [3.05, 3.63) is 85.3 Å². The third-order valence-electron chi connectivity index (χ3n) is 5.04. The van der Waals surface area contributed by atoms with Gasteiger partial charge in [0.1, 0.15) is 0 Å². The maximum absolute atomic E-state index is 4.66. The van der Waals surface area contributed by atoms with Gasteiger partial charge >= 0.3 is 0 Å². The zero-order valence-electron chi connectivity index (χ0n) is 13.9. The molecule has 0 fully saturated rings. The van der Waals surface area contributed by atoms with E-state index in [2.05, 4.69) is 74.0 Å². The second-order valence-electron chi connectivity index (χ2n) is 6.42. The van der Waals surface area contributed by atoms with Crippen molar-refractivity contribution < 1.29 is 0 Å². The zero-order chi connectivity index (χ0) is 17.1. The van der Waals surface area contributed by atoms with E-state index in [-0.39, 0.29) is 0 Å². The molecule has 4 heterocycles. The minimum atomic E-state index is 1.03. The monoisotopic (exact) mass is 334 g/mol.